The number of hydrazone groups is 1. The molecular weight excluding hydrogens is 328 g/mol. The Balaban J connectivity index is 1.98. The van der Waals surface area contributed by atoms with Gasteiger partial charge < -0.3 is 5.32 Å². The molecule has 0 aliphatic heterocycles. The summed E-state index contributed by atoms with van der Waals surface area (Å²) in [5.41, 5.74) is 5.23. The van der Waals surface area contributed by atoms with Crippen molar-refractivity contribution in [3.8, 4) is 0 Å². The SMILES string of the molecule is CCC(CC)C(=O)Nc1ccc(C(C)=NNC(=O)c2cccnc2)cc1. The number of nitrogens with one attached hydrogen (secondary N) is 2. The van der Waals surface area contributed by atoms with Gasteiger partial charge in [0.05, 0.1) is 11.3 Å². The number of carbonyl (C=O) groups is 2. The van der Waals surface area contributed by atoms with Crippen LogP contribution in [0.4, 0.5) is 5.69 Å². The number of anilines is 1. The monoisotopic (exact) mass is 352 g/mol. The molecule has 0 spiro atoms. The molecule has 0 aliphatic carbocycles. The Hall–Kier alpha value is -3.02. The summed E-state index contributed by atoms with van der Waals surface area (Å²) in [6.07, 6.45) is 4.73. The van der Waals surface area contributed by atoms with E-state index in [2.05, 4.69) is 20.8 Å². The third-order valence-electron chi connectivity index (χ3n) is 4.18. The average molecular weight is 352 g/mol. The van der Waals surface area contributed by atoms with Crippen LogP contribution < -0.4 is 10.7 Å². The number of nitrogens with zero attached hydrogens (tertiary/aromatic N) is 2. The van der Waals surface area contributed by atoms with Gasteiger partial charge in [-0.1, -0.05) is 26.0 Å². The molecule has 136 valence electrons. The maximum absolute atomic E-state index is 12.1. The first-order valence-electron chi connectivity index (χ1n) is 8.71. The summed E-state index contributed by atoms with van der Waals surface area (Å²) in [4.78, 5) is 28.0. The smallest absolute Gasteiger partial charge is 0.272 e. The Morgan fingerprint density at radius 1 is 1.08 bits per heavy atom. The normalized spacial score (nSPS) is 11.3. The molecule has 0 atom stereocenters. The van der Waals surface area contributed by atoms with Gasteiger partial charge in [0.1, 0.15) is 0 Å². The van der Waals surface area contributed by atoms with E-state index in [1.54, 1.807) is 25.3 Å². The van der Waals surface area contributed by atoms with Gasteiger partial charge in [-0.3, -0.25) is 14.6 Å². The van der Waals surface area contributed by atoms with Crippen LogP contribution in [-0.2, 0) is 4.79 Å². The Morgan fingerprint density at radius 3 is 2.35 bits per heavy atom. The van der Waals surface area contributed by atoms with Gasteiger partial charge in [-0.25, -0.2) is 5.43 Å². The van der Waals surface area contributed by atoms with Crippen LogP contribution in [-0.4, -0.2) is 22.5 Å². The zero-order valence-electron chi connectivity index (χ0n) is 15.3. The van der Waals surface area contributed by atoms with Crippen LogP contribution in [0.3, 0.4) is 0 Å². The second-order valence-electron chi connectivity index (χ2n) is 5.96. The van der Waals surface area contributed by atoms with E-state index in [-0.39, 0.29) is 17.7 Å². The Kier molecular flexibility index (Phi) is 7.02. The Bertz CT molecular complexity index is 766. The lowest BCUT2D eigenvalue weighted by Crippen LogP contribution is -2.21. The summed E-state index contributed by atoms with van der Waals surface area (Å²) in [6.45, 7) is 5.83. The minimum Gasteiger partial charge on any atom is -0.326 e. The Labute approximate surface area is 153 Å². The number of carbonyl (C=O) groups excluding carboxylic acids is 2. The van der Waals surface area contributed by atoms with E-state index in [0.717, 1.165) is 24.1 Å². The van der Waals surface area contributed by atoms with Gasteiger partial charge in [-0.05, 0) is 49.6 Å². The van der Waals surface area contributed by atoms with Crippen LogP contribution in [0.25, 0.3) is 0 Å². The molecule has 2 rings (SSSR count). The van der Waals surface area contributed by atoms with E-state index in [1.165, 1.54) is 6.20 Å². The molecule has 1 aromatic heterocycles. The number of rotatable bonds is 7. The molecule has 1 heterocycles. The number of hydrogen-bond donors (Lipinski definition) is 2. The van der Waals surface area contributed by atoms with Gasteiger partial charge in [0.25, 0.3) is 5.91 Å². The number of aromatic nitrogens is 1. The minimum atomic E-state index is -0.313. The lowest BCUT2D eigenvalue weighted by Gasteiger charge is -2.13. The van der Waals surface area contributed by atoms with Crippen molar-refractivity contribution in [3.63, 3.8) is 0 Å². The number of amides is 2. The average Bonchev–Trinajstić information content (AvgIpc) is 2.68. The molecule has 2 aromatic rings. The van der Waals surface area contributed by atoms with Crippen LogP contribution in [0.2, 0.25) is 0 Å². The summed E-state index contributed by atoms with van der Waals surface area (Å²) in [6, 6.07) is 10.7. The van der Waals surface area contributed by atoms with Crippen molar-refractivity contribution in [2.24, 2.45) is 11.0 Å². The number of hydrogen-bond acceptors (Lipinski definition) is 4. The molecule has 0 saturated heterocycles. The van der Waals surface area contributed by atoms with Crippen molar-refractivity contribution in [1.82, 2.24) is 10.4 Å². The maximum Gasteiger partial charge on any atom is 0.272 e. The van der Waals surface area contributed by atoms with Crippen LogP contribution in [0, 0.1) is 5.92 Å². The van der Waals surface area contributed by atoms with Gasteiger partial charge >= 0.3 is 0 Å². The summed E-state index contributed by atoms with van der Waals surface area (Å²) < 4.78 is 0. The molecule has 0 bridgehead atoms. The van der Waals surface area contributed by atoms with E-state index < -0.39 is 0 Å². The molecule has 1 aromatic carbocycles. The molecule has 2 amide bonds. The van der Waals surface area contributed by atoms with Gasteiger partial charge in [-0.15, -0.1) is 0 Å². The highest BCUT2D eigenvalue weighted by Gasteiger charge is 2.14. The topological polar surface area (TPSA) is 83.5 Å². The van der Waals surface area contributed by atoms with Crippen molar-refractivity contribution in [2.75, 3.05) is 5.32 Å². The third kappa shape index (κ3) is 5.24. The predicted molar refractivity (Wildman–Crippen MR) is 103 cm³/mol. The summed E-state index contributed by atoms with van der Waals surface area (Å²) in [7, 11) is 0. The van der Waals surface area contributed by atoms with Gasteiger partial charge in [-0.2, -0.15) is 5.10 Å². The molecule has 0 saturated carbocycles. The van der Waals surface area contributed by atoms with E-state index in [1.807, 2.05) is 38.1 Å². The molecule has 0 unspecified atom stereocenters. The largest absolute Gasteiger partial charge is 0.326 e. The lowest BCUT2D eigenvalue weighted by atomic mass is 10.0. The number of benzene rings is 1. The molecule has 6 nitrogen and oxygen atoms in total. The third-order valence-corrected chi connectivity index (χ3v) is 4.18. The van der Waals surface area contributed by atoms with Crippen molar-refractivity contribution in [2.45, 2.75) is 33.6 Å². The molecule has 0 aliphatic rings. The number of pyridine rings is 1. The van der Waals surface area contributed by atoms with Gasteiger partial charge in [0.15, 0.2) is 0 Å². The van der Waals surface area contributed by atoms with E-state index >= 15 is 0 Å². The molecular formula is C20H24N4O2. The standard InChI is InChI=1S/C20H24N4O2/c1-4-15(5-2)19(25)22-18-10-8-16(9-11-18)14(3)23-24-20(26)17-7-6-12-21-13-17/h6-13,15H,4-5H2,1-3H3,(H,22,25)(H,24,26). The zero-order chi connectivity index (χ0) is 18.9. The van der Waals surface area contributed by atoms with Crippen LogP contribution in [0.15, 0.2) is 53.9 Å². The van der Waals surface area contributed by atoms with Gasteiger partial charge in [0.2, 0.25) is 5.91 Å². The van der Waals surface area contributed by atoms with E-state index in [4.69, 9.17) is 0 Å². The highest BCUT2D eigenvalue weighted by Crippen LogP contribution is 2.14. The van der Waals surface area contributed by atoms with Crippen LogP contribution >= 0.6 is 0 Å². The maximum atomic E-state index is 12.1. The molecule has 0 radical (unpaired) electrons. The first kappa shape index (κ1) is 19.3. The Morgan fingerprint density at radius 2 is 1.77 bits per heavy atom. The first-order chi connectivity index (χ1) is 12.5. The highest BCUT2D eigenvalue weighted by molar-refractivity contribution is 6.01. The first-order valence-corrected chi connectivity index (χ1v) is 8.71. The fourth-order valence-corrected chi connectivity index (χ4v) is 2.46. The summed E-state index contributed by atoms with van der Waals surface area (Å²) in [5.74, 6) is -0.246. The highest BCUT2D eigenvalue weighted by atomic mass is 16.2. The van der Waals surface area contributed by atoms with Crippen LogP contribution in [0.1, 0.15) is 49.5 Å². The van der Waals surface area contributed by atoms with Crippen molar-refractivity contribution >= 4 is 23.2 Å². The quantitative estimate of drug-likeness (QED) is 0.590. The fourth-order valence-electron chi connectivity index (χ4n) is 2.46. The second-order valence-corrected chi connectivity index (χ2v) is 5.96. The van der Waals surface area contributed by atoms with E-state index in [0.29, 0.717) is 11.3 Å². The zero-order valence-corrected chi connectivity index (χ0v) is 15.3. The van der Waals surface area contributed by atoms with E-state index in [9.17, 15) is 9.59 Å². The second kappa shape index (κ2) is 9.46. The molecule has 2 N–H and O–H groups in total. The molecule has 26 heavy (non-hydrogen) atoms. The predicted octanol–water partition coefficient (Wildman–Crippen LogP) is 3.61. The minimum absolute atomic E-state index is 0.0284. The lowest BCUT2D eigenvalue weighted by molar-refractivity contribution is -0.120. The van der Waals surface area contributed by atoms with Crippen molar-refractivity contribution < 1.29 is 9.59 Å². The summed E-state index contributed by atoms with van der Waals surface area (Å²) >= 11 is 0. The van der Waals surface area contributed by atoms with Crippen molar-refractivity contribution in [1.29, 1.82) is 0 Å². The van der Waals surface area contributed by atoms with Gasteiger partial charge in [0, 0.05) is 24.0 Å². The van der Waals surface area contributed by atoms with Crippen molar-refractivity contribution in [3.05, 3.63) is 59.9 Å². The molecule has 0 fully saturated rings. The summed E-state index contributed by atoms with van der Waals surface area (Å²) in [5, 5.41) is 7.04. The van der Waals surface area contributed by atoms with Crippen LogP contribution in [0.5, 0.6) is 0 Å². The molecule has 6 heteroatoms. The fraction of sp³-hybridized carbons (Fsp3) is 0.300.